The van der Waals surface area contributed by atoms with Crippen LogP contribution < -0.4 is 10.2 Å². The first-order valence-electron chi connectivity index (χ1n) is 7.93. The normalized spacial score (nSPS) is 14.7. The lowest BCUT2D eigenvalue weighted by molar-refractivity contribution is 0.388. The van der Waals surface area contributed by atoms with Gasteiger partial charge in [0.1, 0.15) is 0 Å². The molecule has 0 radical (unpaired) electrons. The van der Waals surface area contributed by atoms with Crippen LogP contribution in [0.4, 0.5) is 11.6 Å². The van der Waals surface area contributed by atoms with Crippen molar-refractivity contribution >= 4 is 29.0 Å². The molecule has 1 aliphatic rings. The molecule has 2 aromatic rings. The third-order valence-corrected chi connectivity index (χ3v) is 4.38. The maximum atomic E-state index is 5.54. The minimum Gasteiger partial charge on any atom is -0.345 e. The monoisotopic (exact) mass is 327 g/mol. The Hall–Kier alpha value is -2.21. The van der Waals surface area contributed by atoms with Gasteiger partial charge in [-0.15, -0.1) is 0 Å². The Morgan fingerprint density at radius 3 is 2.35 bits per heavy atom. The molecule has 1 aromatic heterocycles. The van der Waals surface area contributed by atoms with Crippen molar-refractivity contribution in [2.45, 2.75) is 13.3 Å². The zero-order valence-corrected chi connectivity index (χ0v) is 14.1. The average Bonchev–Trinajstić information content (AvgIpc) is 2.63. The van der Waals surface area contributed by atoms with Crippen LogP contribution in [0.2, 0.25) is 0 Å². The van der Waals surface area contributed by atoms with E-state index in [2.05, 4.69) is 56.3 Å². The van der Waals surface area contributed by atoms with E-state index in [1.165, 1.54) is 5.56 Å². The molecule has 0 unspecified atom stereocenters. The van der Waals surface area contributed by atoms with E-state index in [1.807, 2.05) is 6.07 Å². The number of nitrogens with one attached hydrogen (secondary N) is 1. The second kappa shape index (κ2) is 7.37. The zero-order chi connectivity index (χ0) is 16.1. The van der Waals surface area contributed by atoms with Crippen LogP contribution >= 0.6 is 12.2 Å². The summed E-state index contributed by atoms with van der Waals surface area (Å²) in [7, 11) is 0. The SMILES string of the molecule is CCc1ccc(NC(=S)N2CCN(c3ncccn3)CC2)cc1. The molecule has 0 aliphatic carbocycles. The summed E-state index contributed by atoms with van der Waals surface area (Å²) in [4.78, 5) is 13.0. The van der Waals surface area contributed by atoms with Crippen molar-refractivity contribution in [1.29, 1.82) is 0 Å². The number of anilines is 2. The fraction of sp³-hybridized carbons (Fsp3) is 0.353. The van der Waals surface area contributed by atoms with E-state index >= 15 is 0 Å². The highest BCUT2D eigenvalue weighted by Gasteiger charge is 2.20. The second-order valence-corrected chi connectivity index (χ2v) is 5.89. The van der Waals surface area contributed by atoms with Crippen LogP contribution in [0.25, 0.3) is 0 Å². The number of rotatable bonds is 3. The van der Waals surface area contributed by atoms with Crippen LogP contribution in [0.5, 0.6) is 0 Å². The van der Waals surface area contributed by atoms with Gasteiger partial charge in [0.2, 0.25) is 5.95 Å². The van der Waals surface area contributed by atoms with Gasteiger partial charge in [0, 0.05) is 44.3 Å². The van der Waals surface area contributed by atoms with Crippen molar-refractivity contribution < 1.29 is 0 Å². The van der Waals surface area contributed by atoms with Crippen LogP contribution in [0, 0.1) is 0 Å². The summed E-state index contributed by atoms with van der Waals surface area (Å²) in [6, 6.07) is 10.3. The standard InChI is InChI=1S/C17H21N5S/c1-2-14-4-6-15(7-5-14)20-17(23)22-12-10-21(11-13-22)16-18-8-3-9-19-16/h3-9H,2,10-13H2,1H3,(H,20,23). The summed E-state index contributed by atoms with van der Waals surface area (Å²) >= 11 is 5.54. The number of aryl methyl sites for hydroxylation is 1. The Morgan fingerprint density at radius 2 is 1.74 bits per heavy atom. The summed E-state index contributed by atoms with van der Waals surface area (Å²) in [5.41, 5.74) is 2.37. The van der Waals surface area contributed by atoms with Crippen LogP contribution in [-0.2, 0) is 6.42 Å². The molecule has 0 amide bonds. The third kappa shape index (κ3) is 3.96. The molecule has 0 bridgehead atoms. The predicted octanol–water partition coefficient (Wildman–Crippen LogP) is 2.56. The molecule has 0 spiro atoms. The molecule has 1 saturated heterocycles. The van der Waals surface area contributed by atoms with Gasteiger partial charge in [-0.3, -0.25) is 0 Å². The van der Waals surface area contributed by atoms with E-state index in [0.717, 1.165) is 49.3 Å². The summed E-state index contributed by atoms with van der Waals surface area (Å²) in [6.07, 6.45) is 4.61. The molecule has 6 heteroatoms. The molecule has 3 rings (SSSR count). The maximum absolute atomic E-state index is 5.54. The van der Waals surface area contributed by atoms with Crippen molar-refractivity contribution in [2.24, 2.45) is 0 Å². The molecular weight excluding hydrogens is 306 g/mol. The van der Waals surface area contributed by atoms with Crippen molar-refractivity contribution in [3.05, 3.63) is 48.3 Å². The van der Waals surface area contributed by atoms with E-state index in [0.29, 0.717) is 0 Å². The number of nitrogens with zero attached hydrogens (tertiary/aromatic N) is 4. The van der Waals surface area contributed by atoms with Gasteiger partial charge in [0.25, 0.3) is 0 Å². The molecule has 0 saturated carbocycles. The Labute approximate surface area is 142 Å². The Balaban J connectivity index is 1.53. The Bertz CT molecular complexity index is 636. The topological polar surface area (TPSA) is 44.3 Å². The predicted molar refractivity (Wildman–Crippen MR) is 97.9 cm³/mol. The second-order valence-electron chi connectivity index (χ2n) is 5.50. The van der Waals surface area contributed by atoms with Gasteiger partial charge < -0.3 is 15.1 Å². The largest absolute Gasteiger partial charge is 0.345 e. The summed E-state index contributed by atoms with van der Waals surface area (Å²) in [5.74, 6) is 0.793. The van der Waals surface area contributed by atoms with Gasteiger partial charge in [0.05, 0.1) is 0 Å². The molecule has 5 nitrogen and oxygen atoms in total. The fourth-order valence-electron chi connectivity index (χ4n) is 2.59. The number of piperazine rings is 1. The van der Waals surface area contributed by atoms with Crippen LogP contribution in [-0.4, -0.2) is 46.2 Å². The first-order valence-corrected chi connectivity index (χ1v) is 8.34. The van der Waals surface area contributed by atoms with Gasteiger partial charge in [-0.2, -0.15) is 0 Å². The molecule has 1 N–H and O–H groups in total. The van der Waals surface area contributed by atoms with E-state index in [-0.39, 0.29) is 0 Å². The summed E-state index contributed by atoms with van der Waals surface area (Å²) in [6.45, 7) is 5.65. The van der Waals surface area contributed by atoms with E-state index in [1.54, 1.807) is 12.4 Å². The molecule has 1 aromatic carbocycles. The highest BCUT2D eigenvalue weighted by molar-refractivity contribution is 7.80. The van der Waals surface area contributed by atoms with Crippen LogP contribution in [0.3, 0.4) is 0 Å². The molecule has 23 heavy (non-hydrogen) atoms. The number of aromatic nitrogens is 2. The minimum absolute atomic E-state index is 0.780. The number of hydrogen-bond acceptors (Lipinski definition) is 4. The van der Waals surface area contributed by atoms with Gasteiger partial charge in [0.15, 0.2) is 5.11 Å². The molecule has 2 heterocycles. The van der Waals surface area contributed by atoms with E-state index < -0.39 is 0 Å². The van der Waals surface area contributed by atoms with Crippen molar-refractivity contribution in [3.8, 4) is 0 Å². The van der Waals surface area contributed by atoms with Gasteiger partial charge >= 0.3 is 0 Å². The lowest BCUT2D eigenvalue weighted by Crippen LogP contribution is -2.50. The molecule has 120 valence electrons. The molecular formula is C17H21N5S. The Morgan fingerprint density at radius 1 is 1.09 bits per heavy atom. The van der Waals surface area contributed by atoms with Gasteiger partial charge in [-0.25, -0.2) is 9.97 Å². The maximum Gasteiger partial charge on any atom is 0.225 e. The van der Waals surface area contributed by atoms with Crippen LogP contribution in [0.1, 0.15) is 12.5 Å². The average molecular weight is 327 g/mol. The summed E-state index contributed by atoms with van der Waals surface area (Å²) < 4.78 is 0. The van der Waals surface area contributed by atoms with Crippen molar-refractivity contribution in [2.75, 3.05) is 36.4 Å². The van der Waals surface area contributed by atoms with Gasteiger partial charge in [-0.1, -0.05) is 19.1 Å². The Kier molecular flexibility index (Phi) is 5.02. The molecule has 1 aliphatic heterocycles. The number of benzene rings is 1. The number of hydrogen-bond donors (Lipinski definition) is 1. The fourth-order valence-corrected chi connectivity index (χ4v) is 2.89. The van der Waals surface area contributed by atoms with Crippen LogP contribution in [0.15, 0.2) is 42.7 Å². The quantitative estimate of drug-likeness (QED) is 0.874. The van der Waals surface area contributed by atoms with Crippen molar-refractivity contribution in [1.82, 2.24) is 14.9 Å². The van der Waals surface area contributed by atoms with Gasteiger partial charge in [-0.05, 0) is 42.4 Å². The first-order chi connectivity index (χ1) is 11.3. The van der Waals surface area contributed by atoms with E-state index in [4.69, 9.17) is 12.2 Å². The molecule has 0 atom stereocenters. The smallest absolute Gasteiger partial charge is 0.225 e. The van der Waals surface area contributed by atoms with E-state index in [9.17, 15) is 0 Å². The zero-order valence-electron chi connectivity index (χ0n) is 13.3. The highest BCUT2D eigenvalue weighted by atomic mass is 32.1. The third-order valence-electron chi connectivity index (χ3n) is 4.02. The first kappa shape index (κ1) is 15.7. The number of thiocarbonyl (C=S) groups is 1. The van der Waals surface area contributed by atoms with Crippen molar-refractivity contribution in [3.63, 3.8) is 0 Å². The lowest BCUT2D eigenvalue weighted by atomic mass is 10.1. The molecule has 1 fully saturated rings. The minimum atomic E-state index is 0.780. The highest BCUT2D eigenvalue weighted by Crippen LogP contribution is 2.13. The lowest BCUT2D eigenvalue weighted by Gasteiger charge is -2.36. The summed E-state index contributed by atoms with van der Waals surface area (Å²) in [5, 5.41) is 4.11.